The van der Waals surface area contributed by atoms with E-state index >= 15 is 0 Å². The summed E-state index contributed by atoms with van der Waals surface area (Å²) in [6.07, 6.45) is 4.03. The van der Waals surface area contributed by atoms with Crippen LogP contribution in [0.25, 0.3) is 0 Å². The van der Waals surface area contributed by atoms with E-state index in [0.29, 0.717) is 12.2 Å². The van der Waals surface area contributed by atoms with Gasteiger partial charge in [0.1, 0.15) is 5.82 Å². The number of ether oxygens (including phenoxy) is 1. The molecule has 3 fully saturated rings. The highest BCUT2D eigenvalue weighted by Crippen LogP contribution is 2.30. The number of hydrogen-bond donors (Lipinski definition) is 0. The van der Waals surface area contributed by atoms with Gasteiger partial charge in [-0.1, -0.05) is 13.8 Å². The molecule has 16 heavy (non-hydrogen) atoms. The molecule has 0 amide bonds. The number of anilines is 1. The van der Waals surface area contributed by atoms with Gasteiger partial charge in [0, 0.05) is 25.7 Å². The first-order valence-electron chi connectivity index (χ1n) is 6.14. The second-order valence-corrected chi connectivity index (χ2v) is 4.21. The molecule has 3 saturated heterocycles. The van der Waals surface area contributed by atoms with Crippen molar-refractivity contribution >= 4 is 5.82 Å². The predicted molar refractivity (Wildman–Crippen MR) is 65.8 cm³/mol. The smallest absolute Gasteiger partial charge is 0.128 e. The number of aryl methyl sites for hydroxylation is 1. The van der Waals surface area contributed by atoms with Crippen molar-refractivity contribution in [1.29, 1.82) is 0 Å². The topological polar surface area (TPSA) is 25.4 Å². The number of piperidine rings is 1. The molecule has 0 aromatic carbocycles. The summed E-state index contributed by atoms with van der Waals surface area (Å²) in [4.78, 5) is 6.72. The van der Waals surface area contributed by atoms with Crippen molar-refractivity contribution in [1.82, 2.24) is 4.98 Å². The zero-order valence-corrected chi connectivity index (χ0v) is 10.3. The lowest BCUT2D eigenvalue weighted by molar-refractivity contribution is -0.133. The van der Waals surface area contributed by atoms with Gasteiger partial charge in [-0.05, 0) is 24.6 Å². The molecular formula is C13H20N2O. The van der Waals surface area contributed by atoms with Gasteiger partial charge in [0.05, 0.1) is 12.2 Å². The molecule has 0 saturated carbocycles. The van der Waals surface area contributed by atoms with E-state index in [9.17, 15) is 0 Å². The minimum Gasteiger partial charge on any atom is -0.371 e. The minimum absolute atomic E-state index is 0.455. The highest BCUT2D eigenvalue weighted by atomic mass is 16.5. The third-order valence-corrected chi connectivity index (χ3v) is 2.98. The van der Waals surface area contributed by atoms with Crippen LogP contribution in [0.3, 0.4) is 0 Å². The number of fused-ring (bicyclic) bond motifs is 2. The summed E-state index contributed by atoms with van der Waals surface area (Å²) in [7, 11) is 0. The SMILES string of the molecule is CC.Cc1ccnc(N2CC3CC(C2)O3)c1. The van der Waals surface area contributed by atoms with Crippen LogP contribution >= 0.6 is 0 Å². The van der Waals surface area contributed by atoms with Crippen molar-refractivity contribution in [2.45, 2.75) is 39.4 Å². The fraction of sp³-hybridized carbons (Fsp3) is 0.615. The molecule has 2 unspecified atom stereocenters. The lowest BCUT2D eigenvalue weighted by Crippen LogP contribution is -2.57. The third kappa shape index (κ3) is 2.19. The second kappa shape index (κ2) is 4.83. The lowest BCUT2D eigenvalue weighted by Gasteiger charge is -2.47. The zero-order valence-electron chi connectivity index (χ0n) is 10.3. The van der Waals surface area contributed by atoms with E-state index in [-0.39, 0.29) is 0 Å². The normalized spacial score (nSPS) is 26.6. The Balaban J connectivity index is 0.000000457. The van der Waals surface area contributed by atoms with E-state index in [1.807, 2.05) is 26.1 Å². The van der Waals surface area contributed by atoms with Crippen LogP contribution in [0.2, 0.25) is 0 Å². The van der Waals surface area contributed by atoms with Crippen molar-refractivity contribution in [2.75, 3.05) is 18.0 Å². The van der Waals surface area contributed by atoms with Crippen LogP contribution < -0.4 is 4.90 Å². The molecule has 3 aliphatic rings. The first kappa shape index (κ1) is 11.4. The van der Waals surface area contributed by atoms with Crippen LogP contribution in [-0.4, -0.2) is 30.3 Å². The maximum absolute atomic E-state index is 5.59. The molecule has 2 atom stereocenters. The van der Waals surface area contributed by atoms with Gasteiger partial charge in [-0.2, -0.15) is 0 Å². The Morgan fingerprint density at radius 2 is 1.94 bits per heavy atom. The molecule has 0 radical (unpaired) electrons. The van der Waals surface area contributed by atoms with Crippen LogP contribution in [0.1, 0.15) is 25.8 Å². The van der Waals surface area contributed by atoms with Crippen molar-refractivity contribution in [3.05, 3.63) is 23.9 Å². The Kier molecular flexibility index (Phi) is 3.44. The van der Waals surface area contributed by atoms with Crippen molar-refractivity contribution in [2.24, 2.45) is 0 Å². The average molecular weight is 220 g/mol. The van der Waals surface area contributed by atoms with E-state index < -0.39 is 0 Å². The Labute approximate surface area is 97.4 Å². The molecule has 3 nitrogen and oxygen atoms in total. The van der Waals surface area contributed by atoms with Crippen LogP contribution in [0.4, 0.5) is 5.82 Å². The van der Waals surface area contributed by atoms with E-state index in [4.69, 9.17) is 4.74 Å². The fourth-order valence-electron chi connectivity index (χ4n) is 2.24. The Bertz CT molecular complexity index is 338. The first-order chi connectivity index (χ1) is 7.81. The molecule has 0 aliphatic carbocycles. The molecule has 0 N–H and O–H groups in total. The highest BCUT2D eigenvalue weighted by molar-refractivity contribution is 5.42. The van der Waals surface area contributed by atoms with Crippen molar-refractivity contribution < 1.29 is 4.74 Å². The molecule has 4 heterocycles. The Morgan fingerprint density at radius 3 is 2.50 bits per heavy atom. The number of nitrogens with zero attached hydrogens (tertiary/aromatic N) is 2. The number of morpholine rings is 1. The zero-order chi connectivity index (χ0) is 11.5. The minimum atomic E-state index is 0.455. The summed E-state index contributed by atoms with van der Waals surface area (Å²) >= 11 is 0. The van der Waals surface area contributed by atoms with Crippen molar-refractivity contribution in [3.63, 3.8) is 0 Å². The van der Waals surface area contributed by atoms with E-state index in [1.54, 1.807) is 0 Å². The highest BCUT2D eigenvalue weighted by Gasteiger charge is 2.38. The molecular weight excluding hydrogens is 200 g/mol. The quantitative estimate of drug-likeness (QED) is 0.726. The van der Waals surface area contributed by atoms with Crippen LogP contribution in [0.15, 0.2) is 18.3 Å². The predicted octanol–water partition coefficient (Wildman–Crippen LogP) is 2.39. The summed E-state index contributed by atoms with van der Waals surface area (Å²) in [6, 6.07) is 4.18. The summed E-state index contributed by atoms with van der Waals surface area (Å²) in [5.41, 5.74) is 1.27. The maximum atomic E-state index is 5.59. The van der Waals surface area contributed by atoms with Crippen LogP contribution in [0, 0.1) is 6.92 Å². The molecule has 1 aromatic heterocycles. The number of pyridine rings is 1. The number of rotatable bonds is 1. The fourth-order valence-corrected chi connectivity index (χ4v) is 2.24. The number of aromatic nitrogens is 1. The van der Waals surface area contributed by atoms with Gasteiger partial charge in [0.2, 0.25) is 0 Å². The average Bonchev–Trinajstić information content (AvgIpc) is 2.31. The largest absolute Gasteiger partial charge is 0.371 e. The molecule has 88 valence electrons. The van der Waals surface area contributed by atoms with Gasteiger partial charge in [0.25, 0.3) is 0 Å². The van der Waals surface area contributed by atoms with E-state index in [2.05, 4.69) is 22.9 Å². The second-order valence-electron chi connectivity index (χ2n) is 4.21. The molecule has 3 heteroatoms. The number of hydrogen-bond acceptors (Lipinski definition) is 3. The van der Waals surface area contributed by atoms with Gasteiger partial charge in [-0.15, -0.1) is 0 Å². The van der Waals surface area contributed by atoms with Gasteiger partial charge in [-0.3, -0.25) is 0 Å². The molecule has 2 bridgehead atoms. The molecule has 3 aliphatic heterocycles. The Morgan fingerprint density at radius 1 is 1.31 bits per heavy atom. The monoisotopic (exact) mass is 220 g/mol. The van der Waals surface area contributed by atoms with Gasteiger partial charge < -0.3 is 9.64 Å². The van der Waals surface area contributed by atoms with E-state index in [0.717, 1.165) is 18.9 Å². The van der Waals surface area contributed by atoms with Gasteiger partial charge >= 0.3 is 0 Å². The van der Waals surface area contributed by atoms with Crippen LogP contribution in [0.5, 0.6) is 0 Å². The molecule has 4 rings (SSSR count). The summed E-state index contributed by atoms with van der Waals surface area (Å²) in [6.45, 7) is 8.12. The van der Waals surface area contributed by atoms with E-state index in [1.165, 1.54) is 12.0 Å². The molecule has 0 spiro atoms. The third-order valence-electron chi connectivity index (χ3n) is 2.98. The summed E-state index contributed by atoms with van der Waals surface area (Å²) in [5, 5.41) is 0. The molecule has 1 aromatic rings. The lowest BCUT2D eigenvalue weighted by atomic mass is 9.99. The van der Waals surface area contributed by atoms with Gasteiger partial charge in [-0.25, -0.2) is 4.98 Å². The first-order valence-corrected chi connectivity index (χ1v) is 6.14. The van der Waals surface area contributed by atoms with Gasteiger partial charge in [0.15, 0.2) is 0 Å². The standard InChI is InChI=1S/C11H14N2O.C2H6/c1-8-2-3-12-11(4-8)13-6-9-5-10(7-13)14-9;1-2/h2-4,9-10H,5-7H2,1H3;1-2H3. The Hall–Kier alpha value is -1.09. The maximum Gasteiger partial charge on any atom is 0.128 e. The summed E-state index contributed by atoms with van der Waals surface area (Å²) < 4.78 is 5.59. The summed E-state index contributed by atoms with van der Waals surface area (Å²) in [5.74, 6) is 1.10. The van der Waals surface area contributed by atoms with Crippen LogP contribution in [-0.2, 0) is 4.74 Å². The van der Waals surface area contributed by atoms with Crippen molar-refractivity contribution in [3.8, 4) is 0 Å².